The molecule has 0 saturated carbocycles. The second-order valence-electron chi connectivity index (χ2n) is 5.14. The molecule has 1 aromatic rings. The van der Waals surface area contributed by atoms with E-state index < -0.39 is 16.0 Å². The van der Waals surface area contributed by atoms with Gasteiger partial charge < -0.3 is 5.11 Å². The fourth-order valence-corrected chi connectivity index (χ4v) is 4.23. The summed E-state index contributed by atoms with van der Waals surface area (Å²) in [6.45, 7) is 5.48. The van der Waals surface area contributed by atoms with Crippen LogP contribution in [0.2, 0.25) is 5.02 Å². The minimum Gasteiger partial charge on any atom is -0.481 e. The Hall–Kier alpha value is -1.11. The van der Waals surface area contributed by atoms with Gasteiger partial charge in [0.2, 0.25) is 10.0 Å². The summed E-state index contributed by atoms with van der Waals surface area (Å²) in [7, 11) is -3.74. The Kier molecular flexibility index (Phi) is 6.19. The van der Waals surface area contributed by atoms with Gasteiger partial charge in [0.15, 0.2) is 0 Å². The van der Waals surface area contributed by atoms with Gasteiger partial charge in [-0.15, -0.1) is 0 Å². The molecule has 1 N–H and O–H groups in total. The van der Waals surface area contributed by atoms with E-state index in [1.165, 1.54) is 10.4 Å². The van der Waals surface area contributed by atoms with E-state index >= 15 is 0 Å². The number of hydrogen-bond acceptors (Lipinski definition) is 3. The fourth-order valence-electron chi connectivity index (χ4n) is 1.98. The van der Waals surface area contributed by atoms with Crippen LogP contribution in [0.3, 0.4) is 0 Å². The number of carboxylic acids is 1. The number of nitrogens with zero attached hydrogens (tertiary/aromatic N) is 1. The van der Waals surface area contributed by atoms with E-state index in [9.17, 15) is 13.2 Å². The summed E-state index contributed by atoms with van der Waals surface area (Å²) in [5.74, 6) is -0.940. The van der Waals surface area contributed by atoms with Gasteiger partial charge in [-0.25, -0.2) is 8.42 Å². The molecular weight excluding hydrogens is 314 g/mol. The van der Waals surface area contributed by atoms with Crippen LogP contribution in [-0.2, 0) is 14.8 Å². The van der Waals surface area contributed by atoms with Crippen LogP contribution < -0.4 is 0 Å². The zero-order valence-electron chi connectivity index (χ0n) is 12.3. The number of carbonyl (C=O) groups is 1. The van der Waals surface area contributed by atoms with Crippen LogP contribution in [0.1, 0.15) is 32.3 Å². The Balaban J connectivity index is 3.07. The van der Waals surface area contributed by atoms with Gasteiger partial charge in [-0.3, -0.25) is 4.79 Å². The summed E-state index contributed by atoms with van der Waals surface area (Å²) in [4.78, 5) is 10.6. The van der Waals surface area contributed by atoms with E-state index in [1.807, 2.05) is 6.92 Å². The van der Waals surface area contributed by atoms with Gasteiger partial charge in [-0.2, -0.15) is 4.31 Å². The maximum Gasteiger partial charge on any atom is 0.303 e. The van der Waals surface area contributed by atoms with E-state index in [-0.39, 0.29) is 35.3 Å². The quantitative estimate of drug-likeness (QED) is 0.832. The van der Waals surface area contributed by atoms with E-state index in [2.05, 4.69) is 0 Å². The van der Waals surface area contributed by atoms with Crippen molar-refractivity contribution in [1.82, 2.24) is 4.31 Å². The van der Waals surface area contributed by atoms with E-state index in [1.54, 1.807) is 26.0 Å². The number of sulfonamides is 1. The molecule has 1 rings (SSSR count). The molecule has 7 heteroatoms. The van der Waals surface area contributed by atoms with Crippen molar-refractivity contribution in [1.29, 1.82) is 0 Å². The van der Waals surface area contributed by atoms with Gasteiger partial charge in [-0.05, 0) is 44.9 Å². The van der Waals surface area contributed by atoms with Crippen LogP contribution >= 0.6 is 11.6 Å². The maximum atomic E-state index is 12.7. The lowest BCUT2D eigenvalue weighted by Crippen LogP contribution is -2.38. The molecule has 0 bridgehead atoms. The van der Waals surface area contributed by atoms with Crippen LogP contribution in [0.25, 0.3) is 0 Å². The first-order valence-electron chi connectivity index (χ1n) is 6.66. The summed E-state index contributed by atoms with van der Waals surface area (Å²) in [5.41, 5.74) is 0.876. The predicted molar refractivity (Wildman–Crippen MR) is 82.1 cm³/mol. The van der Waals surface area contributed by atoms with Crippen molar-refractivity contribution in [2.75, 3.05) is 6.54 Å². The highest BCUT2D eigenvalue weighted by atomic mass is 35.5. The number of aliphatic carboxylic acids is 1. The fraction of sp³-hybridized carbons (Fsp3) is 0.500. The minimum absolute atomic E-state index is 0.0544. The standard InChI is InChI=1S/C14H20ClNO4S/c1-10(2)16(8-4-5-14(17)18)21(19,20)13-7-6-11(3)9-12(13)15/h6-7,9-10H,4-5,8H2,1-3H3,(H,17,18). The zero-order valence-corrected chi connectivity index (χ0v) is 13.9. The Morgan fingerprint density at radius 2 is 2.00 bits per heavy atom. The molecule has 1 aromatic carbocycles. The lowest BCUT2D eigenvalue weighted by atomic mass is 10.2. The molecule has 0 fully saturated rings. The van der Waals surface area contributed by atoms with Crippen molar-refractivity contribution >= 4 is 27.6 Å². The maximum absolute atomic E-state index is 12.7. The summed E-state index contributed by atoms with van der Waals surface area (Å²) in [5, 5.41) is 8.85. The number of aryl methyl sites for hydroxylation is 1. The van der Waals surface area contributed by atoms with Crippen molar-refractivity contribution in [3.8, 4) is 0 Å². The molecule has 0 aliphatic carbocycles. The second-order valence-corrected chi connectivity index (χ2v) is 7.41. The highest BCUT2D eigenvalue weighted by molar-refractivity contribution is 7.89. The first kappa shape index (κ1) is 17.9. The number of halogens is 1. The molecule has 0 saturated heterocycles. The van der Waals surface area contributed by atoms with Crippen LogP contribution in [0.15, 0.2) is 23.1 Å². The lowest BCUT2D eigenvalue weighted by Gasteiger charge is -2.26. The van der Waals surface area contributed by atoms with Crippen molar-refractivity contribution in [2.24, 2.45) is 0 Å². The zero-order chi connectivity index (χ0) is 16.2. The van der Waals surface area contributed by atoms with Crippen LogP contribution in [-0.4, -0.2) is 36.4 Å². The van der Waals surface area contributed by atoms with Gasteiger partial charge in [0.05, 0.1) is 5.02 Å². The molecule has 0 radical (unpaired) electrons. The SMILES string of the molecule is Cc1ccc(S(=O)(=O)N(CCCC(=O)O)C(C)C)c(Cl)c1. The highest BCUT2D eigenvalue weighted by Gasteiger charge is 2.28. The molecule has 0 heterocycles. The molecule has 0 amide bonds. The van der Waals surface area contributed by atoms with Crippen molar-refractivity contribution in [3.05, 3.63) is 28.8 Å². The highest BCUT2D eigenvalue weighted by Crippen LogP contribution is 2.27. The molecule has 21 heavy (non-hydrogen) atoms. The van der Waals surface area contributed by atoms with Gasteiger partial charge >= 0.3 is 5.97 Å². The largest absolute Gasteiger partial charge is 0.481 e. The Morgan fingerprint density at radius 1 is 1.38 bits per heavy atom. The summed E-state index contributed by atoms with van der Waals surface area (Å²) in [6, 6.07) is 4.50. The first-order valence-corrected chi connectivity index (χ1v) is 8.48. The van der Waals surface area contributed by atoms with Crippen molar-refractivity contribution in [2.45, 2.75) is 44.6 Å². The lowest BCUT2D eigenvalue weighted by molar-refractivity contribution is -0.137. The average Bonchev–Trinajstić information content (AvgIpc) is 2.32. The van der Waals surface area contributed by atoms with Gasteiger partial charge in [-0.1, -0.05) is 17.7 Å². The number of carboxylic acid groups (broad SMARTS) is 1. The molecule has 0 unspecified atom stereocenters. The monoisotopic (exact) mass is 333 g/mol. The normalized spacial score (nSPS) is 12.1. The molecule has 5 nitrogen and oxygen atoms in total. The van der Waals surface area contributed by atoms with Gasteiger partial charge in [0.25, 0.3) is 0 Å². The summed E-state index contributed by atoms with van der Waals surface area (Å²) < 4.78 is 26.6. The summed E-state index contributed by atoms with van der Waals surface area (Å²) >= 11 is 6.05. The van der Waals surface area contributed by atoms with Gasteiger partial charge in [0, 0.05) is 19.0 Å². The van der Waals surface area contributed by atoms with E-state index in [4.69, 9.17) is 16.7 Å². The van der Waals surface area contributed by atoms with Crippen LogP contribution in [0.5, 0.6) is 0 Å². The van der Waals surface area contributed by atoms with E-state index in [0.717, 1.165) is 5.56 Å². The summed E-state index contributed by atoms with van der Waals surface area (Å²) in [6.07, 6.45) is 0.191. The van der Waals surface area contributed by atoms with Crippen molar-refractivity contribution < 1.29 is 18.3 Å². The number of hydrogen-bond donors (Lipinski definition) is 1. The van der Waals surface area contributed by atoms with Crippen LogP contribution in [0, 0.1) is 6.92 Å². The number of rotatable bonds is 7. The Bertz CT molecular complexity index is 613. The molecule has 118 valence electrons. The predicted octanol–water partition coefficient (Wildman–Crippen LogP) is 2.91. The Labute approximate surface area is 130 Å². The minimum atomic E-state index is -3.74. The first-order chi connectivity index (χ1) is 9.66. The molecule has 0 spiro atoms. The molecule has 0 aliphatic heterocycles. The molecule has 0 aliphatic rings. The second kappa shape index (κ2) is 7.24. The molecule has 0 aromatic heterocycles. The van der Waals surface area contributed by atoms with Crippen molar-refractivity contribution in [3.63, 3.8) is 0 Å². The third-order valence-corrected chi connectivity index (χ3v) is 5.58. The molecular formula is C14H20ClNO4S. The third-order valence-electron chi connectivity index (χ3n) is 3.02. The third kappa shape index (κ3) is 4.69. The smallest absolute Gasteiger partial charge is 0.303 e. The van der Waals surface area contributed by atoms with Gasteiger partial charge in [0.1, 0.15) is 4.90 Å². The average molecular weight is 334 g/mol. The molecule has 0 atom stereocenters. The number of benzene rings is 1. The van der Waals surface area contributed by atoms with E-state index in [0.29, 0.717) is 0 Å². The Morgan fingerprint density at radius 3 is 2.48 bits per heavy atom. The topological polar surface area (TPSA) is 74.7 Å². The van der Waals surface area contributed by atoms with Crippen LogP contribution in [0.4, 0.5) is 0 Å².